The maximum absolute atomic E-state index is 9.88. The maximum Gasteiger partial charge on any atom is 1.00 e. The Kier molecular flexibility index (Phi) is 11.9. The van der Waals surface area contributed by atoms with Crippen LogP contribution in [0.4, 0.5) is 0 Å². The van der Waals surface area contributed by atoms with E-state index in [9.17, 15) is 9.90 Å². The van der Waals surface area contributed by atoms with Gasteiger partial charge in [0.05, 0.1) is 6.61 Å². The summed E-state index contributed by atoms with van der Waals surface area (Å²) in [4.78, 5) is 9.88. The third-order valence-electron chi connectivity index (χ3n) is 0.423. The second-order valence-electron chi connectivity index (χ2n) is 0.949. The van der Waals surface area contributed by atoms with Crippen molar-refractivity contribution < 1.29 is 66.0 Å². The number of esters is 1. The van der Waals surface area contributed by atoms with Crippen LogP contribution in [0.5, 0.6) is 0 Å². The summed E-state index contributed by atoms with van der Waals surface area (Å²) in [5, 5.41) is 9.55. The second kappa shape index (κ2) is 8.07. The van der Waals surface area contributed by atoms with Crippen molar-refractivity contribution in [3.63, 3.8) is 0 Å². The summed E-state index contributed by atoms with van der Waals surface area (Å²) >= 11 is 0. The summed E-state index contributed by atoms with van der Waals surface area (Å²) in [6.07, 6.45) is 0. The van der Waals surface area contributed by atoms with E-state index in [4.69, 9.17) is 0 Å². The van der Waals surface area contributed by atoms with Crippen molar-refractivity contribution in [3.05, 3.63) is 0 Å². The third-order valence-corrected chi connectivity index (χ3v) is 0.423. The van der Waals surface area contributed by atoms with Crippen LogP contribution in [0.3, 0.4) is 0 Å². The molecule has 4 heteroatoms. The molecule has 0 aromatic carbocycles. The summed E-state index contributed by atoms with van der Waals surface area (Å²) in [5.41, 5.74) is 0. The van der Waals surface area contributed by atoms with E-state index in [1.54, 1.807) is 6.92 Å². The van der Waals surface area contributed by atoms with Crippen LogP contribution in [-0.2, 0) is 9.53 Å². The molecule has 0 heterocycles. The predicted molar refractivity (Wildman–Crippen MR) is 21.5 cm³/mol. The van der Waals surface area contributed by atoms with Crippen LogP contribution in [0.2, 0.25) is 0 Å². The van der Waals surface area contributed by atoms with E-state index in [2.05, 4.69) is 4.74 Å². The molecule has 0 aliphatic heterocycles. The molecule has 0 bridgehead atoms. The number of carbonyl (C=O) groups is 1. The molecule has 0 radical (unpaired) electrons. The summed E-state index contributed by atoms with van der Waals surface area (Å²) in [5.74, 6) is -0.678. The van der Waals surface area contributed by atoms with Gasteiger partial charge in [-0.1, -0.05) is 0 Å². The predicted octanol–water partition coefficient (Wildman–Crippen LogP) is -4.09. The van der Waals surface area contributed by atoms with Gasteiger partial charge in [-0.3, -0.25) is 4.79 Å². The van der Waals surface area contributed by atoms with E-state index in [0.29, 0.717) is 6.61 Å². The van der Waals surface area contributed by atoms with Gasteiger partial charge in [-0.15, -0.1) is 0 Å². The fourth-order valence-electron chi connectivity index (χ4n) is 0.203. The first kappa shape index (κ1) is 11.8. The summed E-state index contributed by atoms with van der Waals surface area (Å²) in [6, 6.07) is 0. The van der Waals surface area contributed by atoms with Gasteiger partial charge in [-0.05, 0) is 13.5 Å². The van der Waals surface area contributed by atoms with E-state index in [1.807, 2.05) is 0 Å². The molecule has 0 unspecified atom stereocenters. The van der Waals surface area contributed by atoms with Gasteiger partial charge in [0.25, 0.3) is 5.97 Å². The first-order chi connectivity index (χ1) is 3.31. The van der Waals surface area contributed by atoms with Crippen LogP contribution in [0.15, 0.2) is 0 Å². The van der Waals surface area contributed by atoms with Crippen molar-refractivity contribution in [2.75, 3.05) is 13.2 Å². The molecule has 3 nitrogen and oxygen atoms in total. The molecule has 0 rings (SSSR count). The third kappa shape index (κ3) is 7.07. The Morgan fingerprint density at radius 2 is 2.25 bits per heavy atom. The minimum Gasteiger partial charge on any atom is -0.846 e. The Morgan fingerprint density at radius 1 is 1.75 bits per heavy atom. The summed E-state index contributed by atoms with van der Waals surface area (Å²) in [6.45, 7) is 1.18. The molecule has 0 saturated carbocycles. The Morgan fingerprint density at radius 3 is 2.38 bits per heavy atom. The molecule has 0 N–H and O–H groups in total. The molecule has 0 spiro atoms. The molecule has 0 aliphatic carbocycles. The van der Waals surface area contributed by atoms with Crippen molar-refractivity contribution in [2.45, 2.75) is 6.92 Å². The number of hydrogen-bond donors (Lipinski definition) is 0. The maximum atomic E-state index is 9.88. The summed E-state index contributed by atoms with van der Waals surface area (Å²) in [7, 11) is 0. The van der Waals surface area contributed by atoms with Gasteiger partial charge >= 0.3 is 51.4 Å². The smallest absolute Gasteiger partial charge is 0.846 e. The number of ether oxygens (including phenoxy) is 1. The number of rotatable bonds is 2. The molecular weight excluding hydrogens is 135 g/mol. The zero-order valence-electron chi connectivity index (χ0n) is 5.14. The zero-order valence-corrected chi connectivity index (χ0v) is 8.26. The van der Waals surface area contributed by atoms with Crippen LogP contribution in [-0.4, -0.2) is 19.2 Å². The van der Waals surface area contributed by atoms with Crippen LogP contribution >= 0.6 is 0 Å². The van der Waals surface area contributed by atoms with Crippen molar-refractivity contribution in [2.24, 2.45) is 0 Å². The molecule has 8 heavy (non-hydrogen) atoms. The molecule has 42 valence electrons. The van der Waals surface area contributed by atoms with Crippen LogP contribution in [0, 0.1) is 0 Å². The van der Waals surface area contributed by atoms with E-state index in [-0.39, 0.29) is 51.4 Å². The van der Waals surface area contributed by atoms with E-state index >= 15 is 0 Å². The van der Waals surface area contributed by atoms with Gasteiger partial charge in [-0.25, -0.2) is 0 Å². The zero-order chi connectivity index (χ0) is 5.70. The topological polar surface area (TPSA) is 49.4 Å². The Hall–Kier alpha value is 1.07. The number of carbonyl (C=O) groups excluding carboxylic acids is 1. The van der Waals surface area contributed by atoms with Crippen LogP contribution in [0.1, 0.15) is 6.92 Å². The quantitative estimate of drug-likeness (QED) is 0.291. The molecule has 0 atom stereocenters. The fourth-order valence-corrected chi connectivity index (χ4v) is 0.203. The molecule has 0 amide bonds. The number of hydrogen-bond acceptors (Lipinski definition) is 3. The fraction of sp³-hybridized carbons (Fsp3) is 0.750. The molecule has 0 aromatic rings. The SMILES string of the molecule is CCOC(=O)C[O-].[K+]. The average Bonchev–Trinajstić information content (AvgIpc) is 1.68. The van der Waals surface area contributed by atoms with Gasteiger partial charge in [0, 0.05) is 0 Å². The van der Waals surface area contributed by atoms with Crippen molar-refractivity contribution in [1.82, 2.24) is 0 Å². The molecule has 0 aromatic heterocycles. The molecular formula is C4H7KO3. The van der Waals surface area contributed by atoms with Crippen molar-refractivity contribution in [3.8, 4) is 0 Å². The normalized spacial score (nSPS) is 7.25. The molecule has 0 saturated heterocycles. The van der Waals surface area contributed by atoms with Crippen LogP contribution < -0.4 is 56.5 Å². The largest absolute Gasteiger partial charge is 1.00 e. The summed E-state index contributed by atoms with van der Waals surface area (Å²) < 4.78 is 4.24. The standard InChI is InChI=1S/C4H7O3.K/c1-2-7-4(6)3-5;/h2-3H2,1H3;/q-1;+1. The van der Waals surface area contributed by atoms with E-state index < -0.39 is 12.6 Å². The molecule has 0 aliphatic rings. The first-order valence-corrected chi connectivity index (χ1v) is 2.05. The van der Waals surface area contributed by atoms with Crippen LogP contribution in [0.25, 0.3) is 0 Å². The minimum absolute atomic E-state index is 0. The van der Waals surface area contributed by atoms with E-state index in [0.717, 1.165) is 0 Å². The Balaban J connectivity index is 0. The van der Waals surface area contributed by atoms with Crippen molar-refractivity contribution >= 4 is 5.97 Å². The average molecular weight is 142 g/mol. The van der Waals surface area contributed by atoms with Gasteiger partial charge in [0.1, 0.15) is 0 Å². The molecule has 0 fully saturated rings. The Bertz CT molecular complexity index is 64.3. The van der Waals surface area contributed by atoms with Gasteiger partial charge in [-0.2, -0.15) is 0 Å². The second-order valence-corrected chi connectivity index (χ2v) is 0.949. The first-order valence-electron chi connectivity index (χ1n) is 2.05. The van der Waals surface area contributed by atoms with E-state index in [1.165, 1.54) is 0 Å². The monoisotopic (exact) mass is 142 g/mol. The Labute approximate surface area is 90.8 Å². The van der Waals surface area contributed by atoms with Crippen molar-refractivity contribution in [1.29, 1.82) is 0 Å². The van der Waals surface area contributed by atoms with Gasteiger partial charge < -0.3 is 9.84 Å². The van der Waals surface area contributed by atoms with Gasteiger partial charge in [0.15, 0.2) is 0 Å². The minimum atomic E-state index is -0.770. The van der Waals surface area contributed by atoms with Gasteiger partial charge in [0.2, 0.25) is 0 Å².